The Morgan fingerprint density at radius 2 is 2.38 bits per heavy atom. The lowest BCUT2D eigenvalue weighted by Crippen LogP contribution is -2.22. The standard InChI is InChI=1S/C12H15N3O/c1-3-4-8-14-12(13)15-10-6-5-7-11(9-10)16-2/h5-7,9H,8H2,1-2H3,(H3,13,14,15). The number of nitrogens with two attached hydrogens (primary N) is 1. The van der Waals surface area contributed by atoms with Gasteiger partial charge in [-0.3, -0.25) is 0 Å². The first kappa shape index (κ1) is 11.9. The Labute approximate surface area is 95.5 Å². The lowest BCUT2D eigenvalue weighted by molar-refractivity contribution is 0.415. The number of nitrogens with one attached hydrogen (secondary N) is 1. The fourth-order valence-electron chi connectivity index (χ4n) is 1.09. The molecular weight excluding hydrogens is 202 g/mol. The van der Waals surface area contributed by atoms with Gasteiger partial charge in [-0.25, -0.2) is 4.99 Å². The molecule has 4 nitrogen and oxygen atoms in total. The minimum absolute atomic E-state index is 0.344. The molecule has 4 heteroatoms. The van der Waals surface area contributed by atoms with Crippen molar-refractivity contribution >= 4 is 11.6 Å². The zero-order chi connectivity index (χ0) is 11.8. The van der Waals surface area contributed by atoms with Crippen LogP contribution < -0.4 is 15.8 Å². The van der Waals surface area contributed by atoms with E-state index in [1.165, 1.54) is 0 Å². The third-order valence-electron chi connectivity index (χ3n) is 1.85. The first-order chi connectivity index (χ1) is 7.76. The maximum Gasteiger partial charge on any atom is 0.194 e. The molecular formula is C12H15N3O. The zero-order valence-corrected chi connectivity index (χ0v) is 9.45. The van der Waals surface area contributed by atoms with Crippen molar-refractivity contribution in [3.63, 3.8) is 0 Å². The number of methoxy groups -OCH3 is 1. The second-order valence-electron chi connectivity index (χ2n) is 2.99. The van der Waals surface area contributed by atoms with Crippen LogP contribution in [0.4, 0.5) is 5.69 Å². The Bertz CT molecular complexity index is 429. The maximum atomic E-state index is 5.67. The first-order valence-corrected chi connectivity index (χ1v) is 4.87. The first-order valence-electron chi connectivity index (χ1n) is 4.87. The fourth-order valence-corrected chi connectivity index (χ4v) is 1.09. The van der Waals surface area contributed by atoms with Crippen molar-refractivity contribution in [3.8, 4) is 17.6 Å². The van der Waals surface area contributed by atoms with Gasteiger partial charge in [0.2, 0.25) is 0 Å². The average molecular weight is 217 g/mol. The molecule has 0 atom stereocenters. The number of nitrogens with zero attached hydrogens (tertiary/aromatic N) is 1. The summed E-state index contributed by atoms with van der Waals surface area (Å²) in [6.07, 6.45) is 0. The van der Waals surface area contributed by atoms with Crippen LogP contribution >= 0.6 is 0 Å². The number of ether oxygens (including phenoxy) is 1. The van der Waals surface area contributed by atoms with Crippen LogP contribution in [-0.4, -0.2) is 19.6 Å². The quantitative estimate of drug-likeness (QED) is 0.457. The van der Waals surface area contributed by atoms with E-state index in [1.807, 2.05) is 24.3 Å². The van der Waals surface area contributed by atoms with Crippen LogP contribution in [0.15, 0.2) is 29.3 Å². The largest absolute Gasteiger partial charge is 0.497 e. The fraction of sp³-hybridized carbons (Fsp3) is 0.250. The van der Waals surface area contributed by atoms with Gasteiger partial charge >= 0.3 is 0 Å². The van der Waals surface area contributed by atoms with Crippen LogP contribution in [0.25, 0.3) is 0 Å². The van der Waals surface area contributed by atoms with Crippen molar-refractivity contribution < 1.29 is 4.74 Å². The number of guanidine groups is 1. The van der Waals surface area contributed by atoms with Gasteiger partial charge in [-0.2, -0.15) is 0 Å². The molecule has 16 heavy (non-hydrogen) atoms. The van der Waals surface area contributed by atoms with E-state index in [9.17, 15) is 0 Å². The molecule has 0 aliphatic carbocycles. The van der Waals surface area contributed by atoms with Crippen LogP contribution in [0.1, 0.15) is 6.92 Å². The van der Waals surface area contributed by atoms with Gasteiger partial charge < -0.3 is 15.8 Å². The van der Waals surface area contributed by atoms with E-state index >= 15 is 0 Å². The summed E-state index contributed by atoms with van der Waals surface area (Å²) in [5.74, 6) is 6.66. The molecule has 0 spiro atoms. The summed E-state index contributed by atoms with van der Waals surface area (Å²) in [6, 6.07) is 7.46. The van der Waals surface area contributed by atoms with Crippen molar-refractivity contribution in [3.05, 3.63) is 24.3 Å². The molecule has 0 fully saturated rings. The molecule has 3 N–H and O–H groups in total. The Morgan fingerprint density at radius 1 is 1.56 bits per heavy atom. The van der Waals surface area contributed by atoms with Crippen LogP contribution in [0.5, 0.6) is 5.75 Å². The van der Waals surface area contributed by atoms with E-state index in [1.54, 1.807) is 14.0 Å². The molecule has 84 valence electrons. The van der Waals surface area contributed by atoms with Gasteiger partial charge in [-0.1, -0.05) is 12.0 Å². The van der Waals surface area contributed by atoms with Crippen molar-refractivity contribution in [2.75, 3.05) is 19.0 Å². The van der Waals surface area contributed by atoms with Gasteiger partial charge in [0.1, 0.15) is 12.3 Å². The van der Waals surface area contributed by atoms with Gasteiger partial charge in [0.05, 0.1) is 7.11 Å². The number of anilines is 1. The van der Waals surface area contributed by atoms with E-state index in [0.717, 1.165) is 11.4 Å². The molecule has 0 amide bonds. The van der Waals surface area contributed by atoms with Gasteiger partial charge in [-0.15, -0.1) is 5.92 Å². The molecule has 1 aromatic carbocycles. The number of hydrogen-bond donors (Lipinski definition) is 2. The van der Waals surface area contributed by atoms with Crippen LogP contribution in [0.3, 0.4) is 0 Å². The molecule has 0 aromatic heterocycles. The third kappa shape index (κ3) is 3.93. The summed E-state index contributed by atoms with van der Waals surface area (Å²) in [5.41, 5.74) is 6.51. The van der Waals surface area contributed by atoms with Gasteiger partial charge in [0.25, 0.3) is 0 Å². The van der Waals surface area contributed by atoms with Gasteiger partial charge in [0.15, 0.2) is 5.96 Å². The molecule has 0 bridgehead atoms. The van der Waals surface area contributed by atoms with E-state index in [0.29, 0.717) is 12.5 Å². The highest BCUT2D eigenvalue weighted by molar-refractivity contribution is 5.92. The smallest absolute Gasteiger partial charge is 0.194 e. The number of aliphatic imine (C=N–C) groups is 1. The number of benzene rings is 1. The third-order valence-corrected chi connectivity index (χ3v) is 1.85. The number of rotatable bonds is 3. The molecule has 0 radical (unpaired) electrons. The summed E-state index contributed by atoms with van der Waals surface area (Å²) in [4.78, 5) is 4.03. The minimum atomic E-state index is 0.344. The Hall–Kier alpha value is -2.15. The lowest BCUT2D eigenvalue weighted by Gasteiger charge is -2.06. The molecule has 0 aliphatic heterocycles. The average Bonchev–Trinajstić information content (AvgIpc) is 2.29. The summed E-state index contributed by atoms with van der Waals surface area (Å²) >= 11 is 0. The van der Waals surface area contributed by atoms with Crippen LogP contribution in [0.2, 0.25) is 0 Å². The van der Waals surface area contributed by atoms with Crippen molar-refractivity contribution in [1.82, 2.24) is 0 Å². The van der Waals surface area contributed by atoms with Gasteiger partial charge in [0, 0.05) is 11.8 Å². The van der Waals surface area contributed by atoms with E-state index in [-0.39, 0.29) is 0 Å². The monoisotopic (exact) mass is 217 g/mol. The summed E-state index contributed by atoms with van der Waals surface area (Å²) in [6.45, 7) is 2.17. The SMILES string of the molecule is CC#CCN=C(N)Nc1cccc(OC)c1. The summed E-state index contributed by atoms with van der Waals surface area (Å²) < 4.78 is 5.09. The molecule has 0 heterocycles. The lowest BCUT2D eigenvalue weighted by atomic mass is 10.3. The Kier molecular flexibility index (Phi) is 4.74. The van der Waals surface area contributed by atoms with Crippen LogP contribution in [0, 0.1) is 11.8 Å². The predicted molar refractivity (Wildman–Crippen MR) is 66.6 cm³/mol. The highest BCUT2D eigenvalue weighted by atomic mass is 16.5. The Morgan fingerprint density at radius 3 is 3.06 bits per heavy atom. The highest BCUT2D eigenvalue weighted by Gasteiger charge is 1.96. The predicted octanol–water partition coefficient (Wildman–Crippen LogP) is 1.45. The zero-order valence-electron chi connectivity index (χ0n) is 9.45. The normalized spacial score (nSPS) is 10.2. The highest BCUT2D eigenvalue weighted by Crippen LogP contribution is 2.16. The second-order valence-corrected chi connectivity index (χ2v) is 2.99. The van der Waals surface area contributed by atoms with E-state index in [4.69, 9.17) is 10.5 Å². The molecule has 0 saturated carbocycles. The second kappa shape index (κ2) is 6.36. The Balaban J connectivity index is 2.63. The van der Waals surface area contributed by atoms with E-state index in [2.05, 4.69) is 22.2 Å². The maximum absolute atomic E-state index is 5.67. The molecule has 0 saturated heterocycles. The molecule has 1 aromatic rings. The van der Waals surface area contributed by atoms with Crippen molar-refractivity contribution in [2.45, 2.75) is 6.92 Å². The summed E-state index contributed by atoms with van der Waals surface area (Å²) in [5, 5.41) is 2.96. The van der Waals surface area contributed by atoms with Gasteiger partial charge in [-0.05, 0) is 19.1 Å². The van der Waals surface area contributed by atoms with Crippen molar-refractivity contribution in [1.29, 1.82) is 0 Å². The summed E-state index contributed by atoms with van der Waals surface area (Å²) in [7, 11) is 1.62. The molecule has 0 aliphatic rings. The van der Waals surface area contributed by atoms with Crippen molar-refractivity contribution in [2.24, 2.45) is 10.7 Å². The molecule has 0 unspecified atom stereocenters. The van der Waals surface area contributed by atoms with Crippen LogP contribution in [-0.2, 0) is 0 Å². The minimum Gasteiger partial charge on any atom is -0.497 e. The topological polar surface area (TPSA) is 59.6 Å². The molecule has 1 rings (SSSR count). The van der Waals surface area contributed by atoms with E-state index < -0.39 is 0 Å². The number of hydrogen-bond acceptors (Lipinski definition) is 2.